The van der Waals surface area contributed by atoms with Gasteiger partial charge in [0.25, 0.3) is 0 Å². The number of hydrogen-bond acceptors (Lipinski definition) is 9. The number of phenols is 1. The molecule has 0 aliphatic carbocycles. The molecule has 0 radical (unpaired) electrons. The molecule has 4 N–H and O–H groups in total. The van der Waals surface area contributed by atoms with E-state index in [2.05, 4.69) is 16.0 Å². The van der Waals surface area contributed by atoms with Crippen LogP contribution >= 0.6 is 0 Å². The van der Waals surface area contributed by atoms with Crippen molar-refractivity contribution >= 4 is 41.4 Å². The number of nitrogens with zero attached hydrogens (tertiary/aromatic N) is 3. The number of allylic oxidation sites excluding steroid dienone is 1. The monoisotopic (exact) mass is 736 g/mol. The molecule has 0 bridgehead atoms. The number of amides is 6. The number of aromatic hydroxyl groups is 1. The molecule has 15 nitrogen and oxygen atoms in total. The highest BCUT2D eigenvalue weighted by Gasteiger charge is 2.45. The van der Waals surface area contributed by atoms with Crippen molar-refractivity contribution < 1.29 is 43.4 Å². The van der Waals surface area contributed by atoms with E-state index in [4.69, 9.17) is 4.74 Å². The minimum absolute atomic E-state index is 0.0286. The van der Waals surface area contributed by atoms with Crippen LogP contribution in [0.5, 0.6) is 5.75 Å². The Bertz CT molecular complexity index is 1580. The van der Waals surface area contributed by atoms with E-state index in [0.29, 0.717) is 63.5 Å². The number of ether oxygens (including phenoxy) is 1. The highest BCUT2D eigenvalue weighted by atomic mass is 16.5. The maximum Gasteiger partial charge on any atom is 0.328 e. The quantitative estimate of drug-likeness (QED) is 0.163. The van der Waals surface area contributed by atoms with E-state index in [9.17, 15) is 38.7 Å². The largest absolute Gasteiger partial charge is 0.508 e. The van der Waals surface area contributed by atoms with Gasteiger partial charge in [0.1, 0.15) is 48.6 Å². The lowest BCUT2D eigenvalue weighted by atomic mass is 9.99. The fraction of sp³-hybridized carbons (Fsp3) is 0.605. The minimum atomic E-state index is -1.44. The number of carbonyl (C=O) groups excluding carboxylic acids is 7. The van der Waals surface area contributed by atoms with Gasteiger partial charge < -0.3 is 40.5 Å². The van der Waals surface area contributed by atoms with Crippen molar-refractivity contribution in [2.24, 2.45) is 0 Å². The van der Waals surface area contributed by atoms with E-state index >= 15 is 0 Å². The standard InChI is InChI=1S/C38H52N6O9/c1-3-4-5-6-17-32(46)40-27(22-25-12-9-13-26(45)21-25)33(47)41-28-23-53-38(52)31-16-11-20-44(31)35(49)24(2)39-34(48)29-14-7-8-18-42(29)37(51)30-15-10-19-43(30)36(28)50/h6,9,12-13,17,21,24,27-31,45H,3-5,7-8,10-11,14-16,18-20,22-23H2,1-2H3,(H,39,48)(H,40,46)(H,41,47). The lowest BCUT2D eigenvalue weighted by Gasteiger charge is -2.39. The lowest BCUT2D eigenvalue weighted by molar-refractivity contribution is -0.158. The number of fused-ring (bicyclic) bond motifs is 3. The van der Waals surface area contributed by atoms with Gasteiger partial charge >= 0.3 is 5.97 Å². The first-order valence-corrected chi connectivity index (χ1v) is 18.9. The Kier molecular flexibility index (Phi) is 13.5. The van der Waals surface area contributed by atoms with E-state index in [1.807, 2.05) is 6.92 Å². The van der Waals surface area contributed by atoms with Crippen LogP contribution in [0, 0.1) is 0 Å². The molecule has 4 aliphatic rings. The van der Waals surface area contributed by atoms with Gasteiger partial charge in [0.15, 0.2) is 0 Å². The van der Waals surface area contributed by atoms with E-state index in [-0.39, 0.29) is 25.3 Å². The van der Waals surface area contributed by atoms with E-state index in [1.54, 1.807) is 25.1 Å². The third kappa shape index (κ3) is 9.73. The zero-order valence-corrected chi connectivity index (χ0v) is 30.6. The van der Waals surface area contributed by atoms with Crippen molar-refractivity contribution in [2.45, 2.75) is 121 Å². The van der Waals surface area contributed by atoms with Crippen LogP contribution in [0.15, 0.2) is 36.4 Å². The van der Waals surface area contributed by atoms with Gasteiger partial charge in [-0.3, -0.25) is 28.8 Å². The second kappa shape index (κ2) is 18.2. The number of nitrogens with one attached hydrogen (secondary N) is 3. The molecule has 53 heavy (non-hydrogen) atoms. The van der Waals surface area contributed by atoms with Crippen molar-refractivity contribution in [3.8, 4) is 5.75 Å². The topological polar surface area (TPSA) is 195 Å². The van der Waals surface area contributed by atoms with Crippen LogP contribution in [0.1, 0.15) is 83.6 Å². The number of piperidine rings is 1. The number of esters is 1. The molecular formula is C38H52N6O9. The molecule has 1 aromatic carbocycles. The third-order valence-corrected chi connectivity index (χ3v) is 10.4. The molecule has 6 amide bonds. The van der Waals surface area contributed by atoms with Crippen LogP contribution in [-0.2, 0) is 44.7 Å². The molecule has 288 valence electrons. The Labute approximate surface area is 309 Å². The summed E-state index contributed by atoms with van der Waals surface area (Å²) in [5, 5.41) is 18.2. The number of carbonyl (C=O) groups is 7. The number of phenolic OH excluding ortho intramolecular Hbond substituents is 1. The van der Waals surface area contributed by atoms with Crippen molar-refractivity contribution in [3.63, 3.8) is 0 Å². The summed E-state index contributed by atoms with van der Waals surface area (Å²) in [6, 6.07) is -0.0618. The van der Waals surface area contributed by atoms with Gasteiger partial charge in [-0.1, -0.05) is 38.0 Å². The van der Waals surface area contributed by atoms with Crippen molar-refractivity contribution in [3.05, 3.63) is 42.0 Å². The first kappa shape index (κ1) is 39.3. The fourth-order valence-electron chi connectivity index (χ4n) is 7.61. The summed E-state index contributed by atoms with van der Waals surface area (Å²) in [4.78, 5) is 100. The molecule has 5 rings (SSSR count). The predicted molar refractivity (Wildman–Crippen MR) is 192 cm³/mol. The van der Waals surface area contributed by atoms with Gasteiger partial charge in [-0.05, 0) is 82.1 Å². The molecular weight excluding hydrogens is 684 g/mol. The van der Waals surface area contributed by atoms with Gasteiger partial charge in [-0.25, -0.2) is 4.79 Å². The average molecular weight is 737 g/mol. The molecule has 0 aromatic heterocycles. The van der Waals surface area contributed by atoms with Gasteiger partial charge in [0.2, 0.25) is 35.4 Å². The number of hydrogen-bond donors (Lipinski definition) is 4. The molecule has 4 saturated heterocycles. The van der Waals surface area contributed by atoms with Crippen LogP contribution in [0.25, 0.3) is 0 Å². The second-order valence-electron chi connectivity index (χ2n) is 14.3. The van der Waals surface area contributed by atoms with Crippen LogP contribution in [-0.4, -0.2) is 124 Å². The Morgan fingerprint density at radius 2 is 1.60 bits per heavy atom. The van der Waals surface area contributed by atoms with Crippen molar-refractivity contribution in [1.82, 2.24) is 30.7 Å². The molecule has 0 saturated carbocycles. The molecule has 4 fully saturated rings. The van der Waals surface area contributed by atoms with E-state index in [1.165, 1.54) is 32.9 Å². The maximum absolute atomic E-state index is 14.4. The van der Waals surface area contributed by atoms with Gasteiger partial charge in [-0.2, -0.15) is 0 Å². The van der Waals surface area contributed by atoms with Gasteiger partial charge in [0.05, 0.1) is 0 Å². The number of benzene rings is 1. The Morgan fingerprint density at radius 1 is 0.925 bits per heavy atom. The Morgan fingerprint density at radius 3 is 2.34 bits per heavy atom. The molecule has 6 atom stereocenters. The highest BCUT2D eigenvalue weighted by molar-refractivity contribution is 5.98. The highest BCUT2D eigenvalue weighted by Crippen LogP contribution is 2.27. The smallest absolute Gasteiger partial charge is 0.328 e. The molecule has 0 spiro atoms. The van der Waals surface area contributed by atoms with Crippen LogP contribution in [0.4, 0.5) is 0 Å². The molecule has 4 aliphatic heterocycles. The summed E-state index contributed by atoms with van der Waals surface area (Å²) in [5.74, 6) is -4.03. The Hall–Kier alpha value is -4.95. The second-order valence-corrected chi connectivity index (χ2v) is 14.3. The summed E-state index contributed by atoms with van der Waals surface area (Å²) in [6.07, 6.45) is 9.00. The van der Waals surface area contributed by atoms with Gasteiger partial charge in [0, 0.05) is 26.1 Å². The number of unbranched alkanes of at least 4 members (excludes halogenated alkanes) is 2. The first-order valence-electron chi connectivity index (χ1n) is 18.9. The summed E-state index contributed by atoms with van der Waals surface area (Å²) in [7, 11) is 0. The summed E-state index contributed by atoms with van der Waals surface area (Å²) in [6.45, 7) is 3.78. The molecule has 6 unspecified atom stereocenters. The molecule has 1 aromatic rings. The van der Waals surface area contributed by atoms with Crippen LogP contribution in [0.2, 0.25) is 0 Å². The lowest BCUT2D eigenvalue weighted by Crippen LogP contribution is -2.62. The average Bonchev–Trinajstić information content (AvgIpc) is 3.84. The number of cyclic esters (lactones) is 1. The fourth-order valence-corrected chi connectivity index (χ4v) is 7.61. The van der Waals surface area contributed by atoms with E-state index < -0.39 is 84.3 Å². The SMILES string of the molecule is CCCCC=CC(=O)NC(Cc1cccc(O)c1)C(=O)NC1COC(=O)C2CCCN2C(=O)C(C)NC(=O)C2CCCCN2C(=O)C2CCCN2C1=O. The maximum atomic E-state index is 14.4. The Balaban J connectivity index is 1.45. The van der Waals surface area contributed by atoms with Crippen LogP contribution < -0.4 is 16.0 Å². The minimum Gasteiger partial charge on any atom is -0.508 e. The first-order chi connectivity index (χ1) is 25.5. The van der Waals surface area contributed by atoms with Crippen molar-refractivity contribution in [2.75, 3.05) is 26.2 Å². The molecule has 4 heterocycles. The van der Waals surface area contributed by atoms with Crippen LogP contribution in [0.3, 0.4) is 0 Å². The number of rotatable bonds is 9. The van der Waals surface area contributed by atoms with E-state index in [0.717, 1.165) is 12.8 Å². The normalized spacial score (nSPS) is 26.4. The summed E-state index contributed by atoms with van der Waals surface area (Å²) in [5.41, 5.74) is 0.543. The third-order valence-electron chi connectivity index (χ3n) is 10.4. The zero-order valence-electron chi connectivity index (χ0n) is 30.6. The predicted octanol–water partition coefficient (Wildman–Crippen LogP) is 1.08. The molecule has 15 heteroatoms. The van der Waals surface area contributed by atoms with Crippen molar-refractivity contribution in [1.29, 1.82) is 0 Å². The van der Waals surface area contributed by atoms with Gasteiger partial charge in [-0.15, -0.1) is 0 Å². The summed E-state index contributed by atoms with van der Waals surface area (Å²) < 4.78 is 5.67. The zero-order chi connectivity index (χ0) is 38.1. The summed E-state index contributed by atoms with van der Waals surface area (Å²) >= 11 is 0.